The molecule has 1 heterocycles. The van der Waals surface area contributed by atoms with E-state index < -0.39 is 10.0 Å². The molecule has 3 rings (SSSR count). The van der Waals surface area contributed by atoms with Crippen LogP contribution < -0.4 is 4.72 Å². The highest BCUT2D eigenvalue weighted by Gasteiger charge is 2.14. The third-order valence-corrected chi connectivity index (χ3v) is 4.95. The summed E-state index contributed by atoms with van der Waals surface area (Å²) in [6.07, 6.45) is 0.249. The lowest BCUT2D eigenvalue weighted by molar-refractivity contribution is 0.502. The third-order valence-electron chi connectivity index (χ3n) is 3.49. The highest BCUT2D eigenvalue weighted by molar-refractivity contribution is 7.89. The number of hydrogen-bond acceptors (Lipinski definition) is 5. The van der Waals surface area contributed by atoms with Gasteiger partial charge < -0.3 is 4.42 Å². The van der Waals surface area contributed by atoms with E-state index in [1.54, 1.807) is 12.1 Å². The predicted molar refractivity (Wildman–Crippen MR) is 89.8 cm³/mol. The molecule has 1 aromatic heterocycles. The van der Waals surface area contributed by atoms with Gasteiger partial charge in [-0.15, -0.1) is 10.2 Å². The van der Waals surface area contributed by atoms with Crippen LogP contribution >= 0.6 is 0 Å². The monoisotopic (exact) mass is 361 g/mol. The Hall–Kier alpha value is -2.58. The van der Waals surface area contributed by atoms with Gasteiger partial charge >= 0.3 is 0 Å². The van der Waals surface area contributed by atoms with Gasteiger partial charge in [-0.2, -0.15) is 0 Å². The van der Waals surface area contributed by atoms with Gasteiger partial charge in [0.2, 0.25) is 21.8 Å². The lowest BCUT2D eigenvalue weighted by atomic mass is 10.2. The smallest absolute Gasteiger partial charge is 0.247 e. The molecule has 130 valence electrons. The Kier molecular flexibility index (Phi) is 4.91. The van der Waals surface area contributed by atoms with Gasteiger partial charge in [0.1, 0.15) is 5.82 Å². The van der Waals surface area contributed by atoms with Crippen LogP contribution in [0.4, 0.5) is 4.39 Å². The van der Waals surface area contributed by atoms with Crippen LogP contribution in [0.5, 0.6) is 0 Å². The van der Waals surface area contributed by atoms with Crippen molar-refractivity contribution in [2.75, 3.05) is 6.54 Å². The Morgan fingerprint density at radius 3 is 2.60 bits per heavy atom. The van der Waals surface area contributed by atoms with Crippen molar-refractivity contribution in [2.24, 2.45) is 0 Å². The van der Waals surface area contributed by atoms with Crippen molar-refractivity contribution in [3.63, 3.8) is 0 Å². The van der Waals surface area contributed by atoms with Gasteiger partial charge in [0.25, 0.3) is 0 Å². The molecule has 0 saturated carbocycles. The average Bonchev–Trinajstić information content (AvgIpc) is 3.04. The molecule has 8 heteroatoms. The van der Waals surface area contributed by atoms with Crippen LogP contribution in [0.25, 0.3) is 11.5 Å². The summed E-state index contributed by atoms with van der Waals surface area (Å²) in [6, 6.07) is 12.3. The van der Waals surface area contributed by atoms with E-state index in [1.165, 1.54) is 30.3 Å². The summed E-state index contributed by atoms with van der Waals surface area (Å²) in [5.41, 5.74) is 1.46. The van der Waals surface area contributed by atoms with Crippen LogP contribution in [0.1, 0.15) is 11.5 Å². The quantitative estimate of drug-likeness (QED) is 0.730. The van der Waals surface area contributed by atoms with Crippen molar-refractivity contribution in [1.29, 1.82) is 0 Å². The second-order valence-electron chi connectivity index (χ2n) is 5.47. The molecule has 25 heavy (non-hydrogen) atoms. The minimum atomic E-state index is -3.58. The molecule has 1 N–H and O–H groups in total. The first kappa shape index (κ1) is 17.2. The first-order valence-corrected chi connectivity index (χ1v) is 9.07. The first-order valence-electron chi connectivity index (χ1n) is 7.59. The summed E-state index contributed by atoms with van der Waals surface area (Å²) < 4.78 is 45.3. The molecule has 0 radical (unpaired) electrons. The van der Waals surface area contributed by atoms with E-state index in [4.69, 9.17) is 4.42 Å². The number of rotatable bonds is 6. The van der Waals surface area contributed by atoms with Gasteiger partial charge in [-0.1, -0.05) is 12.1 Å². The van der Waals surface area contributed by atoms with E-state index in [-0.39, 0.29) is 29.6 Å². The molecular weight excluding hydrogens is 345 g/mol. The lowest BCUT2D eigenvalue weighted by Gasteiger charge is -2.06. The highest BCUT2D eigenvalue weighted by Crippen LogP contribution is 2.18. The van der Waals surface area contributed by atoms with Crippen molar-refractivity contribution < 1.29 is 17.2 Å². The summed E-state index contributed by atoms with van der Waals surface area (Å²) in [5.74, 6) is 0.205. The Bertz CT molecular complexity index is 969. The molecule has 0 aliphatic carbocycles. The second kappa shape index (κ2) is 7.12. The molecule has 0 atom stereocenters. The van der Waals surface area contributed by atoms with E-state index in [2.05, 4.69) is 14.9 Å². The number of nitrogens with zero attached hydrogens (tertiary/aromatic N) is 2. The maximum Gasteiger partial charge on any atom is 0.247 e. The van der Waals surface area contributed by atoms with Crippen LogP contribution in [0.15, 0.2) is 57.8 Å². The van der Waals surface area contributed by atoms with E-state index in [0.29, 0.717) is 11.5 Å². The SMILES string of the molecule is Cc1cccc(S(=O)(=O)NCCc2nnc(-c3ccc(F)cc3)o2)c1. The third kappa shape index (κ3) is 4.28. The van der Waals surface area contributed by atoms with Crippen molar-refractivity contribution in [1.82, 2.24) is 14.9 Å². The number of sulfonamides is 1. The molecule has 0 aliphatic rings. The minimum absolute atomic E-state index is 0.126. The molecule has 3 aromatic rings. The largest absolute Gasteiger partial charge is 0.421 e. The summed E-state index contributed by atoms with van der Waals surface area (Å²) >= 11 is 0. The Labute approximate surface area is 144 Å². The number of nitrogens with one attached hydrogen (secondary N) is 1. The van der Waals surface area contributed by atoms with Crippen LogP contribution in [-0.4, -0.2) is 25.2 Å². The fourth-order valence-corrected chi connectivity index (χ4v) is 3.36. The lowest BCUT2D eigenvalue weighted by Crippen LogP contribution is -2.26. The minimum Gasteiger partial charge on any atom is -0.421 e. The molecule has 0 aliphatic heterocycles. The van der Waals surface area contributed by atoms with Gasteiger partial charge in [-0.05, 0) is 48.9 Å². The summed E-state index contributed by atoms with van der Waals surface area (Å²) in [5, 5.41) is 7.76. The van der Waals surface area contributed by atoms with E-state index >= 15 is 0 Å². The molecule has 0 saturated heterocycles. The predicted octanol–water partition coefficient (Wildman–Crippen LogP) is 2.71. The molecule has 0 bridgehead atoms. The maximum atomic E-state index is 12.9. The number of hydrogen-bond donors (Lipinski definition) is 1. The van der Waals surface area contributed by atoms with Crippen LogP contribution in [0.3, 0.4) is 0 Å². The maximum absolute atomic E-state index is 12.9. The van der Waals surface area contributed by atoms with Gasteiger partial charge in [0.15, 0.2) is 0 Å². The zero-order chi connectivity index (χ0) is 17.9. The number of halogens is 1. The van der Waals surface area contributed by atoms with Crippen molar-refractivity contribution in [3.8, 4) is 11.5 Å². The second-order valence-corrected chi connectivity index (χ2v) is 7.24. The normalized spacial score (nSPS) is 11.6. The first-order chi connectivity index (χ1) is 11.9. The number of benzene rings is 2. The average molecular weight is 361 g/mol. The van der Waals surface area contributed by atoms with E-state index in [1.807, 2.05) is 13.0 Å². The van der Waals surface area contributed by atoms with Gasteiger partial charge in [-0.3, -0.25) is 0 Å². The Balaban J connectivity index is 1.62. The van der Waals surface area contributed by atoms with E-state index in [9.17, 15) is 12.8 Å². The van der Waals surface area contributed by atoms with Crippen LogP contribution in [-0.2, 0) is 16.4 Å². The Morgan fingerprint density at radius 1 is 1.12 bits per heavy atom. The molecular formula is C17H16FN3O3S. The fourth-order valence-electron chi connectivity index (χ4n) is 2.22. The number of aromatic nitrogens is 2. The zero-order valence-electron chi connectivity index (χ0n) is 13.4. The van der Waals surface area contributed by atoms with Gasteiger partial charge in [0, 0.05) is 18.5 Å². The summed E-state index contributed by atoms with van der Waals surface area (Å²) in [6.45, 7) is 1.95. The molecule has 0 spiro atoms. The Morgan fingerprint density at radius 2 is 1.88 bits per heavy atom. The highest BCUT2D eigenvalue weighted by atomic mass is 32.2. The van der Waals surface area contributed by atoms with Gasteiger partial charge in [0.05, 0.1) is 4.90 Å². The fraction of sp³-hybridized carbons (Fsp3) is 0.176. The summed E-state index contributed by atoms with van der Waals surface area (Å²) in [4.78, 5) is 0.213. The van der Waals surface area contributed by atoms with Gasteiger partial charge in [-0.25, -0.2) is 17.5 Å². The topological polar surface area (TPSA) is 85.1 Å². The number of aryl methyl sites for hydroxylation is 1. The van der Waals surface area contributed by atoms with E-state index in [0.717, 1.165) is 5.56 Å². The molecule has 0 fully saturated rings. The zero-order valence-corrected chi connectivity index (χ0v) is 14.3. The standard InChI is InChI=1S/C17H16FN3O3S/c1-12-3-2-4-15(11-12)25(22,23)19-10-9-16-20-21-17(24-16)13-5-7-14(18)8-6-13/h2-8,11,19H,9-10H2,1H3. The van der Waals surface area contributed by atoms with Crippen molar-refractivity contribution in [3.05, 3.63) is 65.8 Å². The van der Waals surface area contributed by atoms with Crippen LogP contribution in [0, 0.1) is 12.7 Å². The molecule has 0 amide bonds. The molecule has 2 aromatic carbocycles. The molecule has 6 nitrogen and oxygen atoms in total. The van der Waals surface area contributed by atoms with Crippen LogP contribution in [0.2, 0.25) is 0 Å². The van der Waals surface area contributed by atoms with Crippen molar-refractivity contribution >= 4 is 10.0 Å². The summed E-state index contributed by atoms with van der Waals surface area (Å²) in [7, 11) is -3.58. The van der Waals surface area contributed by atoms with Crippen molar-refractivity contribution in [2.45, 2.75) is 18.2 Å². The molecule has 0 unspecified atom stereocenters.